The molecule has 0 aromatic carbocycles. The molecule has 3 nitrogen and oxygen atoms in total. The molecule has 0 rings (SSSR count). The summed E-state index contributed by atoms with van der Waals surface area (Å²) in [6.07, 6.45) is 4.36. The van der Waals surface area contributed by atoms with Crippen molar-refractivity contribution < 1.29 is 4.79 Å². The molecule has 0 radical (unpaired) electrons. The highest BCUT2D eigenvalue weighted by Crippen LogP contribution is 2.04. The molecule has 0 aliphatic carbocycles. The van der Waals surface area contributed by atoms with E-state index in [-0.39, 0.29) is 11.8 Å². The van der Waals surface area contributed by atoms with Gasteiger partial charge in [-0.3, -0.25) is 4.79 Å². The maximum atomic E-state index is 10.8. The summed E-state index contributed by atoms with van der Waals surface area (Å²) in [5, 5.41) is 7.41. The Labute approximate surface area is 80.2 Å². The van der Waals surface area contributed by atoms with Crippen molar-refractivity contribution in [2.45, 2.75) is 52.0 Å². The summed E-state index contributed by atoms with van der Waals surface area (Å²) in [6.45, 7) is 3.52. The minimum Gasteiger partial charge on any atom is -0.322 e. The summed E-state index contributed by atoms with van der Waals surface area (Å²) in [5.41, 5.74) is 6.35. The Balaban J connectivity index is 3.35. The van der Waals surface area contributed by atoms with E-state index in [4.69, 9.17) is 11.1 Å². The molecule has 13 heavy (non-hydrogen) atoms. The van der Waals surface area contributed by atoms with Gasteiger partial charge in [0.05, 0.1) is 6.04 Å². The Morgan fingerprint density at radius 2 is 2.08 bits per heavy atom. The highest BCUT2D eigenvalue weighted by Gasteiger charge is 2.06. The van der Waals surface area contributed by atoms with Gasteiger partial charge in [-0.1, -0.05) is 13.3 Å². The van der Waals surface area contributed by atoms with E-state index in [9.17, 15) is 4.79 Å². The van der Waals surface area contributed by atoms with Gasteiger partial charge in [0.2, 0.25) is 0 Å². The van der Waals surface area contributed by atoms with Crippen LogP contribution in [0.25, 0.3) is 0 Å². The van der Waals surface area contributed by atoms with Gasteiger partial charge in [0.25, 0.3) is 0 Å². The summed E-state index contributed by atoms with van der Waals surface area (Å²) in [4.78, 5) is 10.8. The van der Waals surface area contributed by atoms with Crippen LogP contribution in [0.5, 0.6) is 0 Å². The standard InChI is InChI=1S/C10H20N2O/c1-3-9(11)6-4-5-7-10(12)8(2)13/h10-11H,3-7,12H2,1-2H3. The molecule has 0 aliphatic heterocycles. The lowest BCUT2D eigenvalue weighted by Gasteiger charge is -2.06. The zero-order chi connectivity index (χ0) is 10.3. The molecule has 0 fully saturated rings. The lowest BCUT2D eigenvalue weighted by Crippen LogP contribution is -2.27. The molecule has 0 aromatic heterocycles. The fourth-order valence-electron chi connectivity index (χ4n) is 1.08. The predicted molar refractivity (Wildman–Crippen MR) is 55.1 cm³/mol. The molecule has 0 saturated heterocycles. The van der Waals surface area contributed by atoms with Crippen molar-refractivity contribution >= 4 is 11.5 Å². The van der Waals surface area contributed by atoms with Crippen molar-refractivity contribution in [2.75, 3.05) is 0 Å². The van der Waals surface area contributed by atoms with Crippen molar-refractivity contribution in [3.63, 3.8) is 0 Å². The highest BCUT2D eigenvalue weighted by molar-refractivity contribution is 5.81. The zero-order valence-electron chi connectivity index (χ0n) is 8.60. The van der Waals surface area contributed by atoms with E-state index in [1.807, 2.05) is 6.92 Å². The van der Waals surface area contributed by atoms with E-state index in [1.165, 1.54) is 6.92 Å². The number of hydrogen-bond donors (Lipinski definition) is 2. The van der Waals surface area contributed by atoms with E-state index in [1.54, 1.807) is 0 Å². The van der Waals surface area contributed by atoms with Crippen LogP contribution >= 0.6 is 0 Å². The normalized spacial score (nSPS) is 12.5. The first-order valence-electron chi connectivity index (χ1n) is 4.90. The summed E-state index contributed by atoms with van der Waals surface area (Å²) < 4.78 is 0. The second-order valence-electron chi connectivity index (χ2n) is 3.42. The van der Waals surface area contributed by atoms with Gasteiger partial charge >= 0.3 is 0 Å². The first kappa shape index (κ1) is 12.3. The first-order valence-corrected chi connectivity index (χ1v) is 4.90. The largest absolute Gasteiger partial charge is 0.322 e. The van der Waals surface area contributed by atoms with E-state index < -0.39 is 0 Å². The van der Waals surface area contributed by atoms with E-state index in [2.05, 4.69) is 0 Å². The topological polar surface area (TPSA) is 66.9 Å². The Bertz CT molecular complexity index is 178. The van der Waals surface area contributed by atoms with Gasteiger partial charge in [-0.15, -0.1) is 0 Å². The number of ketones is 1. The number of rotatable bonds is 7. The van der Waals surface area contributed by atoms with E-state index in [0.717, 1.165) is 37.8 Å². The van der Waals surface area contributed by atoms with E-state index >= 15 is 0 Å². The summed E-state index contributed by atoms with van der Waals surface area (Å²) in [5.74, 6) is 0.0607. The minimum atomic E-state index is -0.296. The number of carbonyl (C=O) groups is 1. The van der Waals surface area contributed by atoms with Crippen molar-refractivity contribution in [2.24, 2.45) is 5.73 Å². The van der Waals surface area contributed by atoms with Crippen LogP contribution in [0.3, 0.4) is 0 Å². The van der Waals surface area contributed by atoms with Crippen LogP contribution < -0.4 is 5.73 Å². The van der Waals surface area contributed by atoms with Crippen LogP contribution in [0.2, 0.25) is 0 Å². The first-order chi connectivity index (χ1) is 6.07. The summed E-state index contributed by atoms with van der Waals surface area (Å²) in [7, 11) is 0. The van der Waals surface area contributed by atoms with Crippen LogP contribution in [-0.2, 0) is 4.79 Å². The molecule has 0 spiro atoms. The Kier molecular flexibility index (Phi) is 6.41. The number of Topliss-reactive ketones (excluding diaryl/α,β-unsaturated/α-hetero) is 1. The van der Waals surface area contributed by atoms with Gasteiger partial charge in [0.15, 0.2) is 0 Å². The average Bonchev–Trinajstić information content (AvgIpc) is 2.11. The van der Waals surface area contributed by atoms with Gasteiger partial charge < -0.3 is 11.1 Å². The molecule has 0 bridgehead atoms. The molecule has 3 heteroatoms. The van der Waals surface area contributed by atoms with Crippen molar-refractivity contribution in [3.05, 3.63) is 0 Å². The monoisotopic (exact) mass is 184 g/mol. The Morgan fingerprint density at radius 1 is 1.46 bits per heavy atom. The number of carbonyl (C=O) groups excluding carboxylic acids is 1. The maximum Gasteiger partial charge on any atom is 0.146 e. The van der Waals surface area contributed by atoms with Gasteiger partial charge in [-0.2, -0.15) is 0 Å². The molecule has 3 N–H and O–H groups in total. The maximum absolute atomic E-state index is 10.8. The van der Waals surface area contributed by atoms with Gasteiger partial charge in [-0.05, 0) is 32.6 Å². The number of unbranched alkanes of at least 4 members (excludes halogenated alkanes) is 1. The minimum absolute atomic E-state index is 0.0607. The van der Waals surface area contributed by atoms with Crippen LogP contribution in [0.1, 0.15) is 46.0 Å². The van der Waals surface area contributed by atoms with Crippen molar-refractivity contribution in [3.8, 4) is 0 Å². The van der Waals surface area contributed by atoms with Crippen molar-refractivity contribution in [1.29, 1.82) is 5.41 Å². The fourth-order valence-corrected chi connectivity index (χ4v) is 1.08. The lowest BCUT2D eigenvalue weighted by molar-refractivity contribution is -0.118. The molecule has 0 aromatic rings. The third kappa shape index (κ3) is 6.46. The smallest absolute Gasteiger partial charge is 0.146 e. The number of nitrogens with one attached hydrogen (secondary N) is 1. The van der Waals surface area contributed by atoms with Crippen LogP contribution in [0.15, 0.2) is 0 Å². The third-order valence-corrected chi connectivity index (χ3v) is 2.19. The number of nitrogens with two attached hydrogens (primary N) is 1. The third-order valence-electron chi connectivity index (χ3n) is 2.19. The molecule has 1 unspecified atom stereocenters. The SMILES string of the molecule is CCC(=N)CCCCC(N)C(C)=O. The van der Waals surface area contributed by atoms with Crippen LogP contribution in [-0.4, -0.2) is 17.5 Å². The summed E-state index contributed by atoms with van der Waals surface area (Å²) in [6, 6.07) is -0.296. The molecule has 1 atom stereocenters. The fraction of sp³-hybridized carbons (Fsp3) is 0.800. The molecule has 0 aliphatic rings. The molecule has 0 heterocycles. The predicted octanol–water partition coefficient (Wildman–Crippen LogP) is 1.89. The van der Waals surface area contributed by atoms with E-state index in [0.29, 0.717) is 0 Å². The summed E-state index contributed by atoms with van der Waals surface area (Å²) >= 11 is 0. The molecule has 0 saturated carbocycles. The van der Waals surface area contributed by atoms with Crippen LogP contribution in [0.4, 0.5) is 0 Å². The second-order valence-corrected chi connectivity index (χ2v) is 3.42. The molecular formula is C10H20N2O. The lowest BCUT2D eigenvalue weighted by atomic mass is 10.0. The van der Waals surface area contributed by atoms with Gasteiger partial charge in [0.1, 0.15) is 5.78 Å². The van der Waals surface area contributed by atoms with Gasteiger partial charge in [-0.25, -0.2) is 0 Å². The molecule has 0 amide bonds. The molecule has 76 valence electrons. The average molecular weight is 184 g/mol. The number of hydrogen-bond acceptors (Lipinski definition) is 3. The zero-order valence-corrected chi connectivity index (χ0v) is 8.60. The van der Waals surface area contributed by atoms with Crippen LogP contribution in [0, 0.1) is 5.41 Å². The Morgan fingerprint density at radius 3 is 2.54 bits per heavy atom. The highest BCUT2D eigenvalue weighted by atomic mass is 16.1. The Hall–Kier alpha value is -0.700. The molecular weight excluding hydrogens is 164 g/mol. The quantitative estimate of drug-likeness (QED) is 0.468. The van der Waals surface area contributed by atoms with Gasteiger partial charge in [0, 0.05) is 5.71 Å². The second kappa shape index (κ2) is 6.78. The van der Waals surface area contributed by atoms with Crippen molar-refractivity contribution in [1.82, 2.24) is 0 Å².